The van der Waals surface area contributed by atoms with Crippen LogP contribution in [-0.2, 0) is 0 Å². The molecule has 0 aromatic rings. The second kappa shape index (κ2) is 2.32. The van der Waals surface area contributed by atoms with E-state index in [1.807, 2.05) is 14.1 Å². The molecular formula is C5H10N2. The van der Waals surface area contributed by atoms with E-state index in [0.29, 0.717) is 5.82 Å². The zero-order valence-corrected chi connectivity index (χ0v) is 4.73. The minimum absolute atomic E-state index is 0.569. The van der Waals surface area contributed by atoms with Crippen LogP contribution >= 0.6 is 0 Å². The first kappa shape index (κ1) is 6.12. The van der Waals surface area contributed by atoms with Gasteiger partial charge in [0.1, 0.15) is 5.82 Å². The Balaban J connectivity index is 3.81. The van der Waals surface area contributed by atoms with Crippen molar-refractivity contribution in [3.8, 4) is 0 Å². The van der Waals surface area contributed by atoms with Crippen molar-refractivity contribution in [1.29, 1.82) is 0 Å². The lowest BCUT2D eigenvalue weighted by atomic mass is 10.7. The minimum Gasteiger partial charge on any atom is -0.379 e. The Kier molecular flexibility index (Phi) is 2.03. The molecular weight excluding hydrogens is 88.1 g/mol. The standard InChI is InChI=1S/C5H10N2/c1-4-5(6)7(2)3/h1,6H2,2-3H3. The van der Waals surface area contributed by atoms with E-state index in [1.54, 1.807) is 4.90 Å². The molecule has 0 aromatic carbocycles. The highest BCUT2D eigenvalue weighted by atomic mass is 15.1. The van der Waals surface area contributed by atoms with E-state index in [2.05, 4.69) is 12.3 Å². The first-order valence-corrected chi connectivity index (χ1v) is 2.01. The second-order valence-corrected chi connectivity index (χ2v) is 1.46. The van der Waals surface area contributed by atoms with Gasteiger partial charge >= 0.3 is 0 Å². The molecule has 0 bridgehead atoms. The van der Waals surface area contributed by atoms with E-state index in [4.69, 9.17) is 5.73 Å². The van der Waals surface area contributed by atoms with Crippen LogP contribution in [0.3, 0.4) is 0 Å². The van der Waals surface area contributed by atoms with Gasteiger partial charge in [-0.15, -0.1) is 0 Å². The third-order valence-electron chi connectivity index (χ3n) is 0.663. The molecule has 2 N–H and O–H groups in total. The predicted octanol–water partition coefficient (Wildman–Crippen LogP) is 0.133. The molecule has 0 aromatic heterocycles. The van der Waals surface area contributed by atoms with E-state index in [-0.39, 0.29) is 0 Å². The Morgan fingerprint density at radius 3 is 2.14 bits per heavy atom. The first-order valence-electron chi connectivity index (χ1n) is 2.01. The highest BCUT2D eigenvalue weighted by molar-refractivity contribution is 4.88. The van der Waals surface area contributed by atoms with Crippen LogP contribution in [0.1, 0.15) is 0 Å². The summed E-state index contributed by atoms with van der Waals surface area (Å²) in [7, 11) is 3.68. The van der Waals surface area contributed by atoms with Crippen LogP contribution in [0, 0.1) is 0 Å². The Morgan fingerprint density at radius 1 is 1.71 bits per heavy atom. The molecule has 0 rings (SSSR count). The maximum atomic E-state index is 5.28. The Morgan fingerprint density at radius 2 is 2.14 bits per heavy atom. The SMILES string of the molecule is C=C=C(N)N(C)C. The Labute approximate surface area is 43.9 Å². The monoisotopic (exact) mass is 98.1 g/mol. The summed E-state index contributed by atoms with van der Waals surface area (Å²) in [6, 6.07) is 0. The van der Waals surface area contributed by atoms with Crippen molar-refractivity contribution < 1.29 is 0 Å². The summed E-state index contributed by atoms with van der Waals surface area (Å²) in [5, 5.41) is 0. The normalized spacial score (nSPS) is 7.14. The molecule has 0 heterocycles. The molecule has 0 fully saturated rings. The van der Waals surface area contributed by atoms with E-state index in [9.17, 15) is 0 Å². The average molecular weight is 98.1 g/mol. The average Bonchev–Trinajstić information content (AvgIpc) is 1.65. The zero-order chi connectivity index (χ0) is 5.86. The van der Waals surface area contributed by atoms with Gasteiger partial charge in [-0.2, -0.15) is 0 Å². The fourth-order valence-electron chi connectivity index (χ4n) is 0.158. The van der Waals surface area contributed by atoms with Crippen LogP contribution in [0.15, 0.2) is 18.1 Å². The van der Waals surface area contributed by atoms with Crippen LogP contribution in [-0.4, -0.2) is 19.0 Å². The maximum absolute atomic E-state index is 5.28. The molecule has 0 radical (unpaired) electrons. The van der Waals surface area contributed by atoms with Gasteiger partial charge in [-0.05, 0) is 0 Å². The van der Waals surface area contributed by atoms with Gasteiger partial charge in [-0.1, -0.05) is 12.3 Å². The molecule has 7 heavy (non-hydrogen) atoms. The maximum Gasteiger partial charge on any atom is 0.143 e. The van der Waals surface area contributed by atoms with E-state index in [0.717, 1.165) is 0 Å². The molecule has 0 aliphatic rings. The third-order valence-corrected chi connectivity index (χ3v) is 0.663. The summed E-state index contributed by atoms with van der Waals surface area (Å²) < 4.78 is 0. The van der Waals surface area contributed by atoms with Crippen molar-refractivity contribution in [2.24, 2.45) is 5.73 Å². The van der Waals surface area contributed by atoms with Crippen molar-refractivity contribution in [1.82, 2.24) is 4.90 Å². The molecule has 0 unspecified atom stereocenters. The second-order valence-electron chi connectivity index (χ2n) is 1.46. The van der Waals surface area contributed by atoms with E-state index >= 15 is 0 Å². The summed E-state index contributed by atoms with van der Waals surface area (Å²) in [4.78, 5) is 1.74. The topological polar surface area (TPSA) is 29.3 Å². The molecule has 2 heteroatoms. The number of rotatable bonds is 1. The molecule has 0 saturated heterocycles. The lowest BCUT2D eigenvalue weighted by molar-refractivity contribution is 0.507. The van der Waals surface area contributed by atoms with Crippen molar-refractivity contribution in [2.75, 3.05) is 14.1 Å². The molecule has 2 nitrogen and oxygen atoms in total. The first-order chi connectivity index (χ1) is 3.18. The fourth-order valence-corrected chi connectivity index (χ4v) is 0.158. The molecule has 0 amide bonds. The van der Waals surface area contributed by atoms with Gasteiger partial charge in [0.2, 0.25) is 0 Å². The van der Waals surface area contributed by atoms with Gasteiger partial charge in [-0.25, -0.2) is 0 Å². The highest BCUT2D eigenvalue weighted by Gasteiger charge is 1.83. The van der Waals surface area contributed by atoms with Gasteiger partial charge in [0.05, 0.1) is 0 Å². The molecule has 0 spiro atoms. The fraction of sp³-hybridized carbons (Fsp3) is 0.400. The van der Waals surface area contributed by atoms with Gasteiger partial charge in [0.25, 0.3) is 0 Å². The lowest BCUT2D eigenvalue weighted by Crippen LogP contribution is -2.16. The third kappa shape index (κ3) is 1.90. The van der Waals surface area contributed by atoms with Crippen LogP contribution in [0.25, 0.3) is 0 Å². The number of nitrogens with zero attached hydrogens (tertiary/aromatic N) is 1. The molecule has 0 aliphatic carbocycles. The highest BCUT2D eigenvalue weighted by Crippen LogP contribution is 1.79. The van der Waals surface area contributed by atoms with Crippen molar-refractivity contribution >= 4 is 0 Å². The molecule has 40 valence electrons. The van der Waals surface area contributed by atoms with Gasteiger partial charge in [-0.3, -0.25) is 0 Å². The zero-order valence-electron chi connectivity index (χ0n) is 4.73. The predicted molar refractivity (Wildman–Crippen MR) is 30.5 cm³/mol. The van der Waals surface area contributed by atoms with Crippen LogP contribution < -0.4 is 5.73 Å². The summed E-state index contributed by atoms with van der Waals surface area (Å²) in [5.74, 6) is 0.569. The molecule has 0 atom stereocenters. The largest absolute Gasteiger partial charge is 0.379 e. The quantitative estimate of drug-likeness (QED) is 0.472. The molecule has 0 aliphatic heterocycles. The van der Waals surface area contributed by atoms with Crippen molar-refractivity contribution in [2.45, 2.75) is 0 Å². The van der Waals surface area contributed by atoms with Gasteiger partial charge in [0.15, 0.2) is 0 Å². The van der Waals surface area contributed by atoms with E-state index < -0.39 is 0 Å². The van der Waals surface area contributed by atoms with Crippen LogP contribution in [0.5, 0.6) is 0 Å². The summed E-state index contributed by atoms with van der Waals surface area (Å²) in [6.07, 6.45) is 0. The summed E-state index contributed by atoms with van der Waals surface area (Å²) in [5.41, 5.74) is 7.82. The summed E-state index contributed by atoms with van der Waals surface area (Å²) in [6.45, 7) is 3.35. The number of nitrogens with two attached hydrogens (primary N) is 1. The Hall–Kier alpha value is -0.880. The lowest BCUT2D eigenvalue weighted by Gasteiger charge is -2.07. The Bertz CT molecular complexity index is 98.6. The summed E-state index contributed by atoms with van der Waals surface area (Å²) >= 11 is 0. The van der Waals surface area contributed by atoms with Gasteiger partial charge < -0.3 is 10.6 Å². The minimum atomic E-state index is 0.569. The number of hydrogen-bond donors (Lipinski definition) is 1. The number of hydrogen-bond acceptors (Lipinski definition) is 2. The van der Waals surface area contributed by atoms with Crippen LogP contribution in [0.2, 0.25) is 0 Å². The molecule has 0 saturated carbocycles. The van der Waals surface area contributed by atoms with Gasteiger partial charge in [0, 0.05) is 14.1 Å². The van der Waals surface area contributed by atoms with Crippen LogP contribution in [0.4, 0.5) is 0 Å². The van der Waals surface area contributed by atoms with Crippen molar-refractivity contribution in [3.05, 3.63) is 18.1 Å². The van der Waals surface area contributed by atoms with Crippen molar-refractivity contribution in [3.63, 3.8) is 0 Å². The van der Waals surface area contributed by atoms with E-state index in [1.165, 1.54) is 0 Å². The smallest absolute Gasteiger partial charge is 0.143 e.